The minimum Gasteiger partial charge on any atom is -0.465 e. The zero-order valence-corrected chi connectivity index (χ0v) is 10.2. The highest BCUT2D eigenvalue weighted by molar-refractivity contribution is 5.75. The molecule has 0 aliphatic heterocycles. The van der Waals surface area contributed by atoms with Crippen molar-refractivity contribution in [1.29, 1.82) is 0 Å². The summed E-state index contributed by atoms with van der Waals surface area (Å²) in [5.74, 6) is -0.210. The van der Waals surface area contributed by atoms with E-state index < -0.39 is 5.41 Å². The summed E-state index contributed by atoms with van der Waals surface area (Å²) in [6.45, 7) is 5.78. The minimum atomic E-state index is -0.468. The van der Waals surface area contributed by atoms with Gasteiger partial charge in [0, 0.05) is 1.37 Å². The van der Waals surface area contributed by atoms with Crippen molar-refractivity contribution in [3.63, 3.8) is 0 Å². The Balaban J connectivity index is 2.35. The first kappa shape index (κ1) is 11.2. The predicted octanol–water partition coefficient (Wildman–Crippen LogP) is 3.21. The molecule has 0 saturated carbocycles. The van der Waals surface area contributed by atoms with Crippen LogP contribution >= 0.6 is 0 Å². The molecule has 0 N–H and O–H groups in total. The number of aryl methyl sites for hydroxylation is 1. The molecule has 1 atom stereocenters. The Kier molecular flexibility index (Phi) is 3.97. The van der Waals surface area contributed by atoms with Crippen molar-refractivity contribution in [3.8, 4) is 0 Å². The monoisotopic (exact) mass is 221 g/mol. The summed E-state index contributed by atoms with van der Waals surface area (Å²) in [4.78, 5) is 11.5. The molecule has 0 amide bonds. The summed E-state index contributed by atoms with van der Waals surface area (Å²) in [6.07, 6.45) is 0.204. The van der Waals surface area contributed by atoms with Gasteiger partial charge in [0.2, 0.25) is 0 Å². The molecule has 0 spiro atoms. The largest absolute Gasteiger partial charge is 0.465 e. The van der Waals surface area contributed by atoms with Crippen LogP contribution in [0.3, 0.4) is 0 Å². The van der Waals surface area contributed by atoms with Gasteiger partial charge in [0.05, 0.1) is 12.0 Å². The van der Waals surface area contributed by atoms with Gasteiger partial charge in [-0.25, -0.2) is 0 Å². The fraction of sp³-hybridized carbons (Fsp3) is 0.500. The van der Waals surface area contributed by atoms with Crippen LogP contribution in [0, 0.1) is 5.41 Å². The molecule has 1 unspecified atom stereocenters. The normalized spacial score (nSPS) is 14.1. The van der Waals surface area contributed by atoms with E-state index in [1.165, 1.54) is 0 Å². The maximum Gasteiger partial charge on any atom is 0.311 e. The van der Waals surface area contributed by atoms with Gasteiger partial charge in [-0.1, -0.05) is 30.3 Å². The third kappa shape index (κ3) is 4.47. The molecule has 1 aromatic carbocycles. The Morgan fingerprint density at radius 1 is 1.31 bits per heavy atom. The Hall–Kier alpha value is -1.31. The maximum atomic E-state index is 11.5. The van der Waals surface area contributed by atoms with Crippen LogP contribution in [0.25, 0.3) is 0 Å². The molecule has 0 fully saturated rings. The SMILES string of the molecule is [2H]C(CCOC(=O)C(C)(C)C)c1ccccc1. The molecular formula is C14H20O2. The number of ether oxygens (including phenoxy) is 1. The number of esters is 1. The molecule has 0 aliphatic carbocycles. The van der Waals surface area contributed by atoms with Gasteiger partial charge in [-0.05, 0) is 39.2 Å². The van der Waals surface area contributed by atoms with Gasteiger partial charge in [-0.15, -0.1) is 0 Å². The van der Waals surface area contributed by atoms with E-state index in [9.17, 15) is 4.79 Å². The fourth-order valence-electron chi connectivity index (χ4n) is 1.18. The zero-order valence-electron chi connectivity index (χ0n) is 11.2. The van der Waals surface area contributed by atoms with Crippen molar-refractivity contribution in [2.75, 3.05) is 6.61 Å². The van der Waals surface area contributed by atoms with Crippen LogP contribution in [0.2, 0.25) is 0 Å². The third-order valence-corrected chi connectivity index (χ3v) is 2.14. The van der Waals surface area contributed by atoms with Crippen molar-refractivity contribution in [1.82, 2.24) is 0 Å². The van der Waals surface area contributed by atoms with E-state index in [1.807, 2.05) is 51.1 Å². The highest BCUT2D eigenvalue weighted by Crippen LogP contribution is 2.15. The van der Waals surface area contributed by atoms with Crippen LogP contribution in [-0.2, 0) is 15.9 Å². The van der Waals surface area contributed by atoms with Crippen LogP contribution in [0.1, 0.15) is 34.1 Å². The third-order valence-electron chi connectivity index (χ3n) is 2.14. The topological polar surface area (TPSA) is 26.3 Å². The molecule has 0 saturated heterocycles. The van der Waals surface area contributed by atoms with Crippen molar-refractivity contribution < 1.29 is 10.9 Å². The number of carbonyl (C=O) groups excluding carboxylic acids is 1. The number of rotatable bonds is 4. The molecule has 2 heteroatoms. The first-order chi connectivity index (χ1) is 7.91. The Morgan fingerprint density at radius 3 is 2.50 bits per heavy atom. The van der Waals surface area contributed by atoms with E-state index in [4.69, 9.17) is 6.11 Å². The predicted molar refractivity (Wildman–Crippen MR) is 65.2 cm³/mol. The van der Waals surface area contributed by atoms with E-state index >= 15 is 0 Å². The van der Waals surface area contributed by atoms with Crippen LogP contribution in [0.15, 0.2) is 30.3 Å². The molecule has 1 rings (SSSR count). The quantitative estimate of drug-likeness (QED) is 0.730. The average Bonchev–Trinajstić information content (AvgIpc) is 2.28. The number of benzene rings is 1. The van der Waals surface area contributed by atoms with E-state index in [0.29, 0.717) is 13.0 Å². The molecule has 16 heavy (non-hydrogen) atoms. The van der Waals surface area contributed by atoms with Crippen molar-refractivity contribution >= 4 is 5.97 Å². The average molecular weight is 221 g/mol. The molecule has 2 nitrogen and oxygen atoms in total. The summed E-state index contributed by atoms with van der Waals surface area (Å²) >= 11 is 0. The van der Waals surface area contributed by atoms with Crippen LogP contribution < -0.4 is 0 Å². The Bertz CT molecular complexity index is 354. The van der Waals surface area contributed by atoms with Gasteiger partial charge in [-0.2, -0.15) is 0 Å². The standard InChI is InChI=1S/C14H20O2/c1-14(2,3)13(15)16-11-7-10-12-8-5-4-6-9-12/h4-6,8-9H,7,10-11H2,1-3H3/i10D. The van der Waals surface area contributed by atoms with Gasteiger partial charge in [0.25, 0.3) is 0 Å². The smallest absolute Gasteiger partial charge is 0.311 e. The molecule has 0 aromatic heterocycles. The summed E-state index contributed by atoms with van der Waals surface area (Å²) in [5, 5.41) is 0. The lowest BCUT2D eigenvalue weighted by atomic mass is 9.97. The molecule has 1 aromatic rings. The van der Waals surface area contributed by atoms with Crippen LogP contribution in [0.4, 0.5) is 0 Å². The summed E-state index contributed by atoms with van der Waals surface area (Å²) in [6, 6.07) is 9.60. The second kappa shape index (κ2) is 5.69. The lowest BCUT2D eigenvalue weighted by Crippen LogP contribution is -2.23. The van der Waals surface area contributed by atoms with E-state index in [1.54, 1.807) is 0 Å². The van der Waals surface area contributed by atoms with Gasteiger partial charge < -0.3 is 4.74 Å². The number of hydrogen-bond acceptors (Lipinski definition) is 2. The number of hydrogen-bond donors (Lipinski definition) is 0. The van der Waals surface area contributed by atoms with Crippen molar-refractivity contribution in [2.45, 2.75) is 33.6 Å². The van der Waals surface area contributed by atoms with E-state index in [-0.39, 0.29) is 12.4 Å². The van der Waals surface area contributed by atoms with Crippen molar-refractivity contribution in [2.24, 2.45) is 5.41 Å². The molecular weight excluding hydrogens is 200 g/mol. The molecule has 0 heterocycles. The molecule has 0 bridgehead atoms. The van der Waals surface area contributed by atoms with Crippen LogP contribution in [0.5, 0.6) is 0 Å². The molecule has 0 aliphatic rings. The maximum absolute atomic E-state index is 11.5. The molecule has 0 radical (unpaired) electrons. The lowest BCUT2D eigenvalue weighted by Gasteiger charge is -2.16. The molecule has 88 valence electrons. The summed E-state index contributed by atoms with van der Waals surface area (Å²) < 4.78 is 13.1. The van der Waals surface area contributed by atoms with Gasteiger partial charge in [-0.3, -0.25) is 4.79 Å². The van der Waals surface area contributed by atoms with E-state index in [2.05, 4.69) is 0 Å². The van der Waals surface area contributed by atoms with Crippen molar-refractivity contribution in [3.05, 3.63) is 35.9 Å². The Morgan fingerprint density at radius 2 is 1.94 bits per heavy atom. The second-order valence-corrected chi connectivity index (χ2v) is 4.79. The van der Waals surface area contributed by atoms with Gasteiger partial charge in [0.15, 0.2) is 0 Å². The first-order valence-corrected chi connectivity index (χ1v) is 5.55. The summed E-state index contributed by atoms with van der Waals surface area (Å²) in [7, 11) is 0. The zero-order chi connectivity index (χ0) is 12.9. The highest BCUT2D eigenvalue weighted by Gasteiger charge is 2.22. The lowest BCUT2D eigenvalue weighted by molar-refractivity contribution is -0.153. The summed E-state index contributed by atoms with van der Waals surface area (Å²) in [5.41, 5.74) is 0.490. The van der Waals surface area contributed by atoms with Crippen LogP contribution in [-0.4, -0.2) is 12.6 Å². The van der Waals surface area contributed by atoms with E-state index in [0.717, 1.165) is 5.56 Å². The Labute approximate surface area is 99.0 Å². The first-order valence-electron chi connectivity index (χ1n) is 6.13. The minimum absolute atomic E-state index is 0.210. The number of carbonyl (C=O) groups is 1. The van der Waals surface area contributed by atoms with Gasteiger partial charge >= 0.3 is 5.97 Å². The fourth-order valence-corrected chi connectivity index (χ4v) is 1.18. The van der Waals surface area contributed by atoms with Gasteiger partial charge in [0.1, 0.15) is 0 Å². The second-order valence-electron chi connectivity index (χ2n) is 4.79. The highest BCUT2D eigenvalue weighted by atomic mass is 16.5.